The molecule has 0 unspecified atom stereocenters. The van der Waals surface area contributed by atoms with E-state index in [-0.39, 0.29) is 6.79 Å². The number of halogens is 2. The zero-order chi connectivity index (χ0) is 12.0. The van der Waals surface area contributed by atoms with E-state index in [1.807, 2.05) is 12.1 Å². The third kappa shape index (κ3) is 3.96. The van der Waals surface area contributed by atoms with E-state index in [9.17, 15) is 0 Å². The predicted octanol–water partition coefficient (Wildman–Crippen LogP) is 3.98. The summed E-state index contributed by atoms with van der Waals surface area (Å²) >= 11 is 6.86. The summed E-state index contributed by atoms with van der Waals surface area (Å²) < 4.78 is 17.5. The lowest BCUT2D eigenvalue weighted by Gasteiger charge is -2.11. The van der Waals surface area contributed by atoms with Crippen LogP contribution in [0.25, 0.3) is 0 Å². The third-order valence-corrected chi connectivity index (χ3v) is 3.02. The third-order valence-electron chi connectivity index (χ3n) is 1.78. The van der Waals surface area contributed by atoms with Crippen molar-refractivity contribution in [2.24, 2.45) is 0 Å². The molecule has 0 radical (unpaired) electrons. The average molecular weight is 354 g/mol. The van der Waals surface area contributed by atoms with Crippen molar-refractivity contribution in [2.75, 3.05) is 20.5 Å². The van der Waals surface area contributed by atoms with E-state index in [1.165, 1.54) is 0 Å². The minimum absolute atomic E-state index is 0.222. The summed E-state index contributed by atoms with van der Waals surface area (Å²) in [5, 5.41) is 0. The number of methoxy groups -OCH3 is 1. The first-order valence-electron chi connectivity index (χ1n) is 4.92. The largest absolute Gasteiger partial charge is 0.492 e. The Bertz CT molecular complexity index is 308. The number of benzene rings is 1. The quantitative estimate of drug-likeness (QED) is 0.724. The van der Waals surface area contributed by atoms with Crippen LogP contribution < -0.4 is 9.47 Å². The zero-order valence-corrected chi connectivity index (χ0v) is 12.4. The van der Waals surface area contributed by atoms with Gasteiger partial charge in [0.05, 0.1) is 15.6 Å². The molecule has 0 N–H and O–H groups in total. The Morgan fingerprint density at radius 3 is 2.12 bits per heavy atom. The van der Waals surface area contributed by atoms with Gasteiger partial charge in [0, 0.05) is 7.11 Å². The van der Waals surface area contributed by atoms with Gasteiger partial charge in [0.2, 0.25) is 0 Å². The van der Waals surface area contributed by atoms with Crippen LogP contribution in [-0.2, 0) is 4.74 Å². The molecule has 0 aliphatic carbocycles. The lowest BCUT2D eigenvalue weighted by molar-refractivity contribution is 0.0505. The van der Waals surface area contributed by atoms with Crippen LogP contribution in [0.1, 0.15) is 13.3 Å². The normalized spacial score (nSPS) is 10.2. The second-order valence-corrected chi connectivity index (χ2v) is 4.82. The highest BCUT2D eigenvalue weighted by Crippen LogP contribution is 2.36. The van der Waals surface area contributed by atoms with Crippen LogP contribution in [0.2, 0.25) is 0 Å². The minimum Gasteiger partial charge on any atom is -0.492 e. The van der Waals surface area contributed by atoms with Gasteiger partial charge >= 0.3 is 0 Å². The maximum Gasteiger partial charge on any atom is 0.188 e. The fourth-order valence-electron chi connectivity index (χ4n) is 1.07. The molecular formula is C11H14Br2O3. The first-order chi connectivity index (χ1) is 7.69. The molecule has 0 saturated heterocycles. The Morgan fingerprint density at radius 1 is 1.06 bits per heavy atom. The number of hydrogen-bond donors (Lipinski definition) is 0. The van der Waals surface area contributed by atoms with Gasteiger partial charge in [-0.3, -0.25) is 0 Å². The molecule has 0 atom stereocenters. The fraction of sp³-hybridized carbons (Fsp3) is 0.455. The first kappa shape index (κ1) is 13.8. The molecule has 5 heteroatoms. The Kier molecular flexibility index (Phi) is 6.16. The van der Waals surface area contributed by atoms with Crippen LogP contribution in [0.5, 0.6) is 11.5 Å². The van der Waals surface area contributed by atoms with Gasteiger partial charge < -0.3 is 14.2 Å². The lowest BCUT2D eigenvalue weighted by atomic mass is 10.3. The Morgan fingerprint density at radius 2 is 1.62 bits per heavy atom. The molecule has 3 nitrogen and oxygen atoms in total. The van der Waals surface area contributed by atoms with Crippen molar-refractivity contribution < 1.29 is 14.2 Å². The molecule has 0 amide bonds. The highest BCUT2D eigenvalue weighted by atomic mass is 79.9. The van der Waals surface area contributed by atoms with Crippen molar-refractivity contribution in [1.29, 1.82) is 0 Å². The van der Waals surface area contributed by atoms with Gasteiger partial charge in [0.15, 0.2) is 6.79 Å². The van der Waals surface area contributed by atoms with E-state index >= 15 is 0 Å². The summed E-state index contributed by atoms with van der Waals surface area (Å²) in [4.78, 5) is 0. The predicted molar refractivity (Wildman–Crippen MR) is 70.1 cm³/mol. The number of ether oxygens (including phenoxy) is 3. The standard InChI is InChI=1S/C11H14Br2O3/c1-3-4-15-10-5-9(13)11(6-8(10)12)16-7-14-2/h5-6H,3-4,7H2,1-2H3. The molecule has 0 aromatic heterocycles. The smallest absolute Gasteiger partial charge is 0.188 e. The molecule has 0 heterocycles. The molecule has 16 heavy (non-hydrogen) atoms. The van der Waals surface area contributed by atoms with Crippen LogP contribution in [0, 0.1) is 0 Å². The maximum absolute atomic E-state index is 5.56. The summed E-state index contributed by atoms with van der Waals surface area (Å²) in [6, 6.07) is 3.73. The highest BCUT2D eigenvalue weighted by molar-refractivity contribution is 9.11. The summed E-state index contributed by atoms with van der Waals surface area (Å²) in [6.45, 7) is 2.99. The van der Waals surface area contributed by atoms with E-state index in [2.05, 4.69) is 38.8 Å². The van der Waals surface area contributed by atoms with E-state index in [0.29, 0.717) is 6.61 Å². The summed E-state index contributed by atoms with van der Waals surface area (Å²) in [6.07, 6.45) is 0.978. The van der Waals surface area contributed by atoms with Gasteiger partial charge in [-0.25, -0.2) is 0 Å². The maximum atomic E-state index is 5.56. The van der Waals surface area contributed by atoms with Crippen LogP contribution >= 0.6 is 31.9 Å². The van der Waals surface area contributed by atoms with Gasteiger partial charge in [-0.2, -0.15) is 0 Å². The van der Waals surface area contributed by atoms with E-state index < -0.39 is 0 Å². The van der Waals surface area contributed by atoms with Crippen molar-refractivity contribution >= 4 is 31.9 Å². The fourth-order valence-corrected chi connectivity index (χ4v) is 1.94. The lowest BCUT2D eigenvalue weighted by Crippen LogP contribution is -2.01. The second kappa shape index (κ2) is 7.14. The van der Waals surface area contributed by atoms with Crippen molar-refractivity contribution in [3.05, 3.63) is 21.1 Å². The van der Waals surface area contributed by atoms with Crippen molar-refractivity contribution in [3.8, 4) is 11.5 Å². The average Bonchev–Trinajstić information content (AvgIpc) is 2.28. The number of hydrogen-bond acceptors (Lipinski definition) is 3. The highest BCUT2D eigenvalue weighted by Gasteiger charge is 2.08. The molecule has 0 saturated carbocycles. The Balaban J connectivity index is 2.79. The van der Waals surface area contributed by atoms with Crippen LogP contribution in [0.15, 0.2) is 21.1 Å². The molecule has 0 fully saturated rings. The van der Waals surface area contributed by atoms with Gasteiger partial charge in [-0.15, -0.1) is 0 Å². The molecule has 0 aliphatic rings. The molecule has 0 aliphatic heterocycles. The molecule has 1 aromatic carbocycles. The molecule has 1 rings (SSSR count). The topological polar surface area (TPSA) is 27.7 Å². The summed E-state index contributed by atoms with van der Waals surface area (Å²) in [5.41, 5.74) is 0. The van der Waals surface area contributed by atoms with E-state index in [1.54, 1.807) is 7.11 Å². The molecular weight excluding hydrogens is 340 g/mol. The SMILES string of the molecule is CCCOc1cc(Br)c(OCOC)cc1Br. The van der Waals surface area contributed by atoms with Crippen LogP contribution in [0.4, 0.5) is 0 Å². The monoisotopic (exact) mass is 352 g/mol. The summed E-state index contributed by atoms with van der Waals surface area (Å²) in [7, 11) is 1.58. The van der Waals surface area contributed by atoms with Gasteiger partial charge in [-0.05, 0) is 50.4 Å². The van der Waals surface area contributed by atoms with Gasteiger partial charge in [0.25, 0.3) is 0 Å². The second-order valence-electron chi connectivity index (χ2n) is 3.11. The number of rotatable bonds is 6. The van der Waals surface area contributed by atoms with E-state index in [0.717, 1.165) is 26.9 Å². The van der Waals surface area contributed by atoms with Crippen LogP contribution in [-0.4, -0.2) is 20.5 Å². The van der Waals surface area contributed by atoms with Gasteiger partial charge in [-0.1, -0.05) is 6.92 Å². The minimum atomic E-state index is 0.222. The first-order valence-corrected chi connectivity index (χ1v) is 6.51. The molecule has 90 valence electrons. The molecule has 0 bridgehead atoms. The Labute approximate surface area is 112 Å². The van der Waals surface area contributed by atoms with E-state index in [4.69, 9.17) is 14.2 Å². The van der Waals surface area contributed by atoms with Crippen molar-refractivity contribution in [2.45, 2.75) is 13.3 Å². The van der Waals surface area contributed by atoms with Crippen molar-refractivity contribution in [3.63, 3.8) is 0 Å². The zero-order valence-electron chi connectivity index (χ0n) is 9.26. The van der Waals surface area contributed by atoms with Gasteiger partial charge in [0.1, 0.15) is 11.5 Å². The van der Waals surface area contributed by atoms with Crippen molar-refractivity contribution in [1.82, 2.24) is 0 Å². The Hall–Kier alpha value is -0.260. The van der Waals surface area contributed by atoms with Crippen LogP contribution in [0.3, 0.4) is 0 Å². The molecule has 1 aromatic rings. The molecule has 0 spiro atoms. The summed E-state index contributed by atoms with van der Waals surface area (Å²) in [5.74, 6) is 1.52.